The van der Waals surface area contributed by atoms with Crippen molar-refractivity contribution in [2.75, 3.05) is 7.05 Å². The summed E-state index contributed by atoms with van der Waals surface area (Å²) >= 11 is 0. The molecular weight excluding hydrogens is 470 g/mol. The van der Waals surface area contributed by atoms with E-state index >= 15 is 0 Å². The largest absolute Gasteiger partial charge is 0.343 e. The normalized spacial score (nSPS) is 12.9. The van der Waals surface area contributed by atoms with E-state index in [1.807, 2.05) is 29.6 Å². The molecule has 0 fully saturated rings. The first-order valence-corrected chi connectivity index (χ1v) is 10.6. The van der Waals surface area contributed by atoms with E-state index < -0.39 is 35.7 Å². The van der Waals surface area contributed by atoms with Crippen LogP contribution in [0.25, 0.3) is 0 Å². The molecule has 36 heavy (non-hydrogen) atoms. The average Bonchev–Trinajstić information content (AvgIpc) is 2.85. The van der Waals surface area contributed by atoms with Crippen molar-refractivity contribution >= 4 is 23.9 Å². The minimum absolute atomic E-state index is 0.0394. The number of alkyl halides is 2. The highest BCUT2D eigenvalue weighted by atomic mass is 19.3. The first-order valence-electron chi connectivity index (χ1n) is 10.6. The van der Waals surface area contributed by atoms with Gasteiger partial charge in [-0.15, -0.1) is 0 Å². The zero-order valence-electron chi connectivity index (χ0n) is 19.7. The summed E-state index contributed by atoms with van der Waals surface area (Å²) in [6, 6.07) is 11.3. The van der Waals surface area contributed by atoms with Crippen molar-refractivity contribution in [1.82, 2.24) is 16.1 Å². The van der Waals surface area contributed by atoms with Crippen LogP contribution in [0.15, 0.2) is 53.5 Å². The number of carbonyl (C=O) groups is 3. The highest BCUT2D eigenvalue weighted by molar-refractivity contribution is 5.98. The topological polar surface area (TPSA) is 120 Å². The monoisotopic (exact) mass is 494 g/mol. The summed E-state index contributed by atoms with van der Waals surface area (Å²) < 4.78 is 27.5. The van der Waals surface area contributed by atoms with E-state index in [1.54, 1.807) is 13.3 Å². The quantitative estimate of drug-likeness (QED) is 0.203. The van der Waals surface area contributed by atoms with Crippen LogP contribution in [0, 0.1) is 23.7 Å². The number of carbonyl (C=O) groups excluding carboxylic acids is 3. The van der Waals surface area contributed by atoms with Gasteiger partial charge in [-0.05, 0) is 60.7 Å². The smallest absolute Gasteiger partial charge is 0.268 e. The van der Waals surface area contributed by atoms with Gasteiger partial charge in [0.25, 0.3) is 18.2 Å². The molecule has 1 unspecified atom stereocenters. The van der Waals surface area contributed by atoms with Gasteiger partial charge >= 0.3 is 0 Å². The average molecular weight is 494 g/mol. The maximum Gasteiger partial charge on any atom is 0.268 e. The number of nitrogens with one attached hydrogen (secondary N) is 3. The molecule has 2 aromatic rings. The van der Waals surface area contributed by atoms with Crippen LogP contribution < -0.4 is 16.1 Å². The molecule has 0 aliphatic heterocycles. The zero-order chi connectivity index (χ0) is 26.7. The van der Waals surface area contributed by atoms with Gasteiger partial charge in [-0.2, -0.15) is 0 Å². The first-order chi connectivity index (χ1) is 17.1. The molecule has 2 aromatic carbocycles. The third-order valence-electron chi connectivity index (χ3n) is 4.96. The van der Waals surface area contributed by atoms with Crippen molar-refractivity contribution < 1.29 is 28.4 Å². The number of halogens is 2. The lowest BCUT2D eigenvalue weighted by atomic mass is 9.91. The fourth-order valence-corrected chi connectivity index (χ4v) is 3.11. The van der Waals surface area contributed by atoms with E-state index in [2.05, 4.69) is 34.0 Å². The second-order valence-corrected chi connectivity index (χ2v) is 7.73. The lowest BCUT2D eigenvalue weighted by Gasteiger charge is -2.36. The van der Waals surface area contributed by atoms with Crippen LogP contribution in [0.3, 0.4) is 0 Å². The van der Waals surface area contributed by atoms with E-state index in [9.17, 15) is 23.2 Å². The number of amides is 3. The predicted octanol–water partition coefficient (Wildman–Crippen LogP) is 1.90. The second kappa shape index (κ2) is 12.8. The van der Waals surface area contributed by atoms with Crippen molar-refractivity contribution in [2.45, 2.75) is 31.9 Å². The van der Waals surface area contributed by atoms with Gasteiger partial charge in [0.05, 0.1) is 0 Å². The van der Waals surface area contributed by atoms with Gasteiger partial charge in [0.2, 0.25) is 5.91 Å². The number of aliphatic imine (C=N–C) groups is 1. The molecule has 0 radical (unpaired) electrons. The van der Waals surface area contributed by atoms with E-state index in [1.165, 1.54) is 29.7 Å². The fourth-order valence-electron chi connectivity index (χ4n) is 3.11. The maximum atomic E-state index is 13.7. The molecule has 10 heteroatoms. The van der Waals surface area contributed by atoms with Crippen LogP contribution >= 0.6 is 0 Å². The third kappa shape index (κ3) is 7.49. The molecule has 4 N–H and O–H groups in total. The van der Waals surface area contributed by atoms with Crippen molar-refractivity contribution in [3.8, 4) is 23.7 Å². The fraction of sp³-hybridized carbons (Fsp3) is 0.231. The number of hydroxylamine groups is 1. The van der Waals surface area contributed by atoms with Crippen LogP contribution in [0.4, 0.5) is 8.78 Å². The van der Waals surface area contributed by atoms with E-state index in [-0.39, 0.29) is 5.56 Å². The Labute approximate surface area is 207 Å². The van der Waals surface area contributed by atoms with Gasteiger partial charge in [0.1, 0.15) is 11.6 Å². The lowest BCUT2D eigenvalue weighted by Crippen LogP contribution is -2.68. The minimum atomic E-state index is -3.24. The van der Waals surface area contributed by atoms with Crippen molar-refractivity contribution in [2.24, 2.45) is 4.99 Å². The van der Waals surface area contributed by atoms with Crippen LogP contribution in [0.2, 0.25) is 0 Å². The standard InChI is InChI=1S/C26H24F2N4O4/c1-17(33)31-26(2,25(27)28)22(24(35)32-36)30-23(34)21-14-12-19(13-15-21)7-5-4-6-18-8-10-20(11-9-18)16-29-3/h8-16,22,25,36H,1-3H3,(H,30,34)(H,31,33)(H,32,35)/t22-,26?/m1/s1. The summed E-state index contributed by atoms with van der Waals surface area (Å²) in [4.78, 5) is 40.0. The third-order valence-corrected chi connectivity index (χ3v) is 4.96. The number of hydrogen-bond donors (Lipinski definition) is 4. The number of rotatable bonds is 7. The first kappa shape index (κ1) is 27.7. The van der Waals surface area contributed by atoms with Crippen LogP contribution in [-0.4, -0.2) is 54.2 Å². The minimum Gasteiger partial charge on any atom is -0.343 e. The molecule has 8 nitrogen and oxygen atoms in total. The SMILES string of the molecule is CN=Cc1ccc(C#CC#Cc2ccc(C(=O)N[C@H](C(=O)NO)C(C)(NC(C)=O)C(F)F)cc2)cc1. The van der Waals surface area contributed by atoms with Gasteiger partial charge in [0, 0.05) is 36.9 Å². The zero-order valence-corrected chi connectivity index (χ0v) is 19.7. The summed E-state index contributed by atoms with van der Waals surface area (Å²) in [5, 5.41) is 13.1. The molecule has 0 saturated heterocycles. The molecule has 2 rings (SSSR count). The van der Waals surface area contributed by atoms with Gasteiger partial charge < -0.3 is 10.6 Å². The molecule has 0 bridgehead atoms. The molecule has 0 spiro atoms. The van der Waals surface area contributed by atoms with Crippen LogP contribution in [-0.2, 0) is 9.59 Å². The van der Waals surface area contributed by atoms with E-state index in [0.29, 0.717) is 5.56 Å². The molecule has 186 valence electrons. The molecule has 0 aliphatic rings. The van der Waals surface area contributed by atoms with Gasteiger partial charge in [-0.3, -0.25) is 24.6 Å². The second-order valence-electron chi connectivity index (χ2n) is 7.73. The Kier molecular flexibility index (Phi) is 9.84. The Morgan fingerprint density at radius 2 is 1.53 bits per heavy atom. The molecule has 0 aromatic heterocycles. The Balaban J connectivity index is 2.15. The number of hydrogen-bond acceptors (Lipinski definition) is 5. The predicted molar refractivity (Wildman–Crippen MR) is 130 cm³/mol. The number of benzene rings is 2. The molecular formula is C26H24F2N4O4. The van der Waals surface area contributed by atoms with Gasteiger partial charge in [-0.25, -0.2) is 14.3 Å². The van der Waals surface area contributed by atoms with E-state index in [4.69, 9.17) is 5.21 Å². The summed E-state index contributed by atoms with van der Waals surface area (Å²) in [7, 11) is 1.69. The summed E-state index contributed by atoms with van der Waals surface area (Å²) in [5.41, 5.74) is 1.06. The Morgan fingerprint density at radius 3 is 1.97 bits per heavy atom. The van der Waals surface area contributed by atoms with E-state index in [0.717, 1.165) is 25.0 Å². The maximum absolute atomic E-state index is 13.7. The van der Waals surface area contributed by atoms with Gasteiger partial charge in [0.15, 0.2) is 0 Å². The Bertz CT molecular complexity index is 1250. The van der Waals surface area contributed by atoms with Crippen molar-refractivity contribution in [1.29, 1.82) is 0 Å². The number of nitrogens with zero attached hydrogens (tertiary/aromatic N) is 1. The molecule has 0 aliphatic carbocycles. The summed E-state index contributed by atoms with van der Waals surface area (Å²) in [6.07, 6.45) is -1.52. The Morgan fingerprint density at radius 1 is 1.00 bits per heavy atom. The van der Waals surface area contributed by atoms with Crippen LogP contribution in [0.5, 0.6) is 0 Å². The Hall–Kier alpha value is -4.54. The summed E-state index contributed by atoms with van der Waals surface area (Å²) in [6.45, 7) is 1.87. The lowest BCUT2D eigenvalue weighted by molar-refractivity contribution is -0.137. The van der Waals surface area contributed by atoms with Crippen LogP contribution in [0.1, 0.15) is 40.9 Å². The highest BCUT2D eigenvalue weighted by Gasteiger charge is 2.48. The highest BCUT2D eigenvalue weighted by Crippen LogP contribution is 2.21. The molecule has 0 heterocycles. The van der Waals surface area contributed by atoms with Gasteiger partial charge in [-0.1, -0.05) is 24.0 Å². The molecule has 0 saturated carbocycles. The van der Waals surface area contributed by atoms with Crippen molar-refractivity contribution in [3.05, 3.63) is 70.8 Å². The molecule has 2 atom stereocenters. The molecule has 3 amide bonds. The summed E-state index contributed by atoms with van der Waals surface area (Å²) in [5.74, 6) is 8.11. The van der Waals surface area contributed by atoms with Crippen molar-refractivity contribution in [3.63, 3.8) is 0 Å².